The van der Waals surface area contributed by atoms with Gasteiger partial charge >= 0.3 is 0 Å². The number of furan rings is 1. The molecular formula is C21H24N4O3S. The molecule has 0 fully saturated rings. The van der Waals surface area contributed by atoms with Gasteiger partial charge in [-0.15, -0.1) is 10.2 Å². The maximum absolute atomic E-state index is 12.3. The molecule has 2 heterocycles. The van der Waals surface area contributed by atoms with Gasteiger partial charge in [-0.2, -0.15) is 0 Å². The molecule has 2 aromatic heterocycles. The van der Waals surface area contributed by atoms with Crippen molar-refractivity contribution >= 4 is 28.8 Å². The summed E-state index contributed by atoms with van der Waals surface area (Å²) in [6, 6.07) is 11.3. The molecule has 8 heteroatoms. The SMILES string of the molecule is Cc1ccc(NC(=O)c2nnc(CCCC(=O)N[C@@H](C)Cc3ccco3)s2)cc1. The molecule has 1 aromatic carbocycles. The van der Waals surface area contributed by atoms with Gasteiger partial charge in [0.25, 0.3) is 5.91 Å². The highest BCUT2D eigenvalue weighted by atomic mass is 32.1. The van der Waals surface area contributed by atoms with E-state index in [0.29, 0.717) is 30.7 Å². The van der Waals surface area contributed by atoms with Gasteiger partial charge < -0.3 is 15.1 Å². The minimum Gasteiger partial charge on any atom is -0.469 e. The summed E-state index contributed by atoms with van der Waals surface area (Å²) in [7, 11) is 0. The summed E-state index contributed by atoms with van der Waals surface area (Å²) < 4.78 is 5.29. The van der Waals surface area contributed by atoms with Gasteiger partial charge in [0.15, 0.2) is 0 Å². The number of benzene rings is 1. The number of hydrogen-bond donors (Lipinski definition) is 2. The van der Waals surface area contributed by atoms with Crippen LogP contribution in [0.15, 0.2) is 47.1 Å². The number of carbonyl (C=O) groups excluding carboxylic acids is 2. The Kier molecular flexibility index (Phi) is 7.13. The summed E-state index contributed by atoms with van der Waals surface area (Å²) in [5.74, 6) is 0.566. The van der Waals surface area contributed by atoms with Gasteiger partial charge in [0.05, 0.1) is 6.26 Å². The molecule has 0 spiro atoms. The van der Waals surface area contributed by atoms with Crippen molar-refractivity contribution in [3.05, 3.63) is 64.0 Å². The second kappa shape index (κ2) is 9.97. The van der Waals surface area contributed by atoms with Crippen LogP contribution in [0.3, 0.4) is 0 Å². The van der Waals surface area contributed by atoms with Crippen molar-refractivity contribution in [2.45, 2.75) is 45.6 Å². The molecule has 1 atom stereocenters. The average Bonchev–Trinajstić information content (AvgIpc) is 3.35. The van der Waals surface area contributed by atoms with Crippen LogP contribution in [-0.4, -0.2) is 28.1 Å². The van der Waals surface area contributed by atoms with E-state index in [1.807, 2.05) is 50.2 Å². The Labute approximate surface area is 173 Å². The van der Waals surface area contributed by atoms with Gasteiger partial charge in [-0.3, -0.25) is 9.59 Å². The fourth-order valence-electron chi connectivity index (χ4n) is 2.80. The van der Waals surface area contributed by atoms with Crippen LogP contribution >= 0.6 is 11.3 Å². The third-order valence-electron chi connectivity index (χ3n) is 4.26. The van der Waals surface area contributed by atoms with E-state index in [9.17, 15) is 9.59 Å². The summed E-state index contributed by atoms with van der Waals surface area (Å²) in [6.07, 6.45) is 3.94. The monoisotopic (exact) mass is 412 g/mol. The van der Waals surface area contributed by atoms with E-state index in [1.54, 1.807) is 6.26 Å². The van der Waals surface area contributed by atoms with Crippen LogP contribution in [-0.2, 0) is 17.6 Å². The van der Waals surface area contributed by atoms with Crippen LogP contribution in [0.5, 0.6) is 0 Å². The Bertz CT molecular complexity index is 935. The van der Waals surface area contributed by atoms with Crippen molar-refractivity contribution in [2.24, 2.45) is 0 Å². The average molecular weight is 413 g/mol. The van der Waals surface area contributed by atoms with Crippen molar-refractivity contribution in [2.75, 3.05) is 5.32 Å². The third kappa shape index (κ3) is 6.53. The van der Waals surface area contributed by atoms with Crippen molar-refractivity contribution in [1.82, 2.24) is 15.5 Å². The fraction of sp³-hybridized carbons (Fsp3) is 0.333. The number of aryl methyl sites for hydroxylation is 2. The lowest BCUT2D eigenvalue weighted by molar-refractivity contribution is -0.121. The Balaban J connectivity index is 1.40. The van der Waals surface area contributed by atoms with Gasteiger partial charge in [0.1, 0.15) is 10.8 Å². The summed E-state index contributed by atoms with van der Waals surface area (Å²) in [5, 5.41) is 14.9. The molecule has 7 nitrogen and oxygen atoms in total. The predicted octanol–water partition coefficient (Wildman–Crippen LogP) is 3.76. The number of hydrogen-bond acceptors (Lipinski definition) is 6. The van der Waals surface area contributed by atoms with Crippen LogP contribution in [0.2, 0.25) is 0 Å². The second-order valence-corrected chi connectivity index (χ2v) is 7.99. The number of nitrogens with one attached hydrogen (secondary N) is 2. The van der Waals surface area contributed by atoms with Gasteiger partial charge in [-0.05, 0) is 44.5 Å². The zero-order valence-corrected chi connectivity index (χ0v) is 17.3. The molecule has 0 aliphatic rings. The molecule has 0 radical (unpaired) electrons. The van der Waals surface area contributed by atoms with E-state index >= 15 is 0 Å². The van der Waals surface area contributed by atoms with Gasteiger partial charge in [-0.1, -0.05) is 29.0 Å². The van der Waals surface area contributed by atoms with Crippen molar-refractivity contribution in [3.8, 4) is 0 Å². The molecule has 0 saturated carbocycles. The van der Waals surface area contributed by atoms with Crippen molar-refractivity contribution in [3.63, 3.8) is 0 Å². The number of anilines is 1. The Morgan fingerprint density at radius 3 is 2.69 bits per heavy atom. The Hall–Kier alpha value is -3.00. The quantitative estimate of drug-likeness (QED) is 0.558. The first-order chi connectivity index (χ1) is 14.0. The van der Waals surface area contributed by atoms with Gasteiger partial charge in [0.2, 0.25) is 10.9 Å². The second-order valence-electron chi connectivity index (χ2n) is 6.93. The summed E-state index contributed by atoms with van der Waals surface area (Å²) in [5.41, 5.74) is 1.85. The van der Waals surface area contributed by atoms with Crippen LogP contribution in [0, 0.1) is 6.92 Å². The molecular weight excluding hydrogens is 388 g/mol. The van der Waals surface area contributed by atoms with Gasteiger partial charge in [-0.25, -0.2) is 0 Å². The molecule has 0 unspecified atom stereocenters. The molecule has 0 aliphatic heterocycles. The third-order valence-corrected chi connectivity index (χ3v) is 5.24. The highest BCUT2D eigenvalue weighted by Crippen LogP contribution is 2.16. The first kappa shape index (κ1) is 20.7. The van der Waals surface area contributed by atoms with Gasteiger partial charge in [0, 0.05) is 31.0 Å². The highest BCUT2D eigenvalue weighted by Gasteiger charge is 2.14. The van der Waals surface area contributed by atoms with E-state index < -0.39 is 0 Å². The minimum absolute atomic E-state index is 0.00671. The summed E-state index contributed by atoms with van der Waals surface area (Å²) in [6.45, 7) is 3.94. The molecule has 2 N–H and O–H groups in total. The van der Waals surface area contributed by atoms with Crippen molar-refractivity contribution in [1.29, 1.82) is 0 Å². The van der Waals surface area contributed by atoms with Crippen LogP contribution in [0.1, 0.15) is 45.9 Å². The van der Waals surface area contributed by atoms with Crippen molar-refractivity contribution < 1.29 is 14.0 Å². The number of aromatic nitrogens is 2. The molecule has 2 amide bonds. The predicted molar refractivity (Wildman–Crippen MR) is 112 cm³/mol. The zero-order valence-electron chi connectivity index (χ0n) is 16.5. The topological polar surface area (TPSA) is 97.1 Å². The lowest BCUT2D eigenvalue weighted by Crippen LogP contribution is -2.33. The number of amides is 2. The normalized spacial score (nSPS) is 11.8. The molecule has 3 rings (SSSR count). The number of carbonyl (C=O) groups is 2. The smallest absolute Gasteiger partial charge is 0.286 e. The Morgan fingerprint density at radius 1 is 1.17 bits per heavy atom. The standard InChI is InChI=1S/C21H24N4O3S/c1-14-8-10-16(11-9-14)23-20(27)21-25-24-19(29-21)7-3-6-18(26)22-15(2)13-17-5-4-12-28-17/h4-5,8-12,15H,3,6-7,13H2,1-2H3,(H,22,26)(H,23,27)/t15-/m0/s1. The molecule has 29 heavy (non-hydrogen) atoms. The fourth-order valence-corrected chi connectivity index (χ4v) is 3.57. The summed E-state index contributed by atoms with van der Waals surface area (Å²) in [4.78, 5) is 24.3. The maximum Gasteiger partial charge on any atom is 0.286 e. The largest absolute Gasteiger partial charge is 0.469 e. The Morgan fingerprint density at radius 2 is 1.97 bits per heavy atom. The minimum atomic E-state index is -0.276. The van der Waals surface area contributed by atoms with E-state index in [4.69, 9.17) is 4.42 Å². The molecule has 3 aromatic rings. The number of rotatable bonds is 9. The lowest BCUT2D eigenvalue weighted by Gasteiger charge is -2.12. The molecule has 0 saturated heterocycles. The number of nitrogens with zero attached hydrogens (tertiary/aromatic N) is 2. The molecule has 0 bridgehead atoms. The first-order valence-corrected chi connectivity index (χ1v) is 10.3. The van der Waals surface area contributed by atoms with E-state index in [1.165, 1.54) is 11.3 Å². The maximum atomic E-state index is 12.3. The summed E-state index contributed by atoms with van der Waals surface area (Å²) >= 11 is 1.25. The highest BCUT2D eigenvalue weighted by molar-refractivity contribution is 7.13. The van der Waals surface area contributed by atoms with Crippen LogP contribution in [0.25, 0.3) is 0 Å². The first-order valence-electron chi connectivity index (χ1n) is 9.52. The zero-order chi connectivity index (χ0) is 20.6. The van der Waals surface area contributed by atoms with E-state index in [0.717, 1.165) is 22.0 Å². The van der Waals surface area contributed by atoms with E-state index in [2.05, 4.69) is 20.8 Å². The molecule has 0 aliphatic carbocycles. The molecule has 152 valence electrons. The van der Waals surface area contributed by atoms with Crippen LogP contribution < -0.4 is 10.6 Å². The lowest BCUT2D eigenvalue weighted by atomic mass is 10.1. The van der Waals surface area contributed by atoms with E-state index in [-0.39, 0.29) is 17.9 Å². The van der Waals surface area contributed by atoms with Crippen LogP contribution in [0.4, 0.5) is 5.69 Å².